The molecule has 4 aliphatic rings. The molecule has 0 aromatic heterocycles. The van der Waals surface area contributed by atoms with Crippen molar-refractivity contribution in [2.45, 2.75) is 102 Å². The Morgan fingerprint density at radius 1 is 0.247 bits per heavy atom. The van der Waals surface area contributed by atoms with Gasteiger partial charge in [-0.3, -0.25) is 0 Å². The van der Waals surface area contributed by atoms with Crippen molar-refractivity contribution in [3.05, 3.63) is 205 Å². The number of hydrogen-bond donors (Lipinski definition) is 0. The monoisotopic (exact) mass is 1100 g/mol. The van der Waals surface area contributed by atoms with Crippen LogP contribution in [0.3, 0.4) is 0 Å². The lowest BCUT2D eigenvalue weighted by Crippen LogP contribution is -2.07. The SMILES string of the molecule is Cc1c(-c2cccc3c2Sc2ccccc2S3)cc(S(=O)(=O)c2cc(-c3cccc4c3Sc3ccccc3S4)c(C)c(-c3cccc4c3Sc3ccccc3S4)c2)cc1-c1cccc2c1Sc1ccccc1S2. The van der Waals surface area contributed by atoms with Crippen LogP contribution in [0.5, 0.6) is 0 Å². The van der Waals surface area contributed by atoms with Gasteiger partial charge in [-0.2, -0.15) is 0 Å². The van der Waals surface area contributed by atoms with E-state index >= 15 is 8.42 Å². The Labute approximate surface area is 459 Å². The van der Waals surface area contributed by atoms with Gasteiger partial charge in [0.05, 0.1) is 9.79 Å². The first-order chi connectivity index (χ1) is 35.7. The standard InChI is InChI=1S/C62H38O2S9/c1-35-43(39-15-11-27-55-59(39)69-51-23-7-3-19-47(51)65-55)31-37(32-44(35)40-16-12-28-56-60(40)70-52-24-8-4-20-48(52)66-56)73(63,64)38-33-45(41-17-13-29-57-61(41)71-53-25-9-5-21-49(53)67-57)36(2)46(34-38)42-18-14-30-58-62(42)72-54-26-10-6-22-50(54)68-58/h3-34H,1-2H3. The highest BCUT2D eigenvalue weighted by Crippen LogP contribution is 2.58. The summed E-state index contributed by atoms with van der Waals surface area (Å²) >= 11 is 14.2. The van der Waals surface area contributed by atoms with E-state index in [1.54, 1.807) is 94.1 Å². The van der Waals surface area contributed by atoms with Gasteiger partial charge in [-0.15, -0.1) is 0 Å². The Morgan fingerprint density at radius 2 is 0.452 bits per heavy atom. The summed E-state index contributed by atoms with van der Waals surface area (Å²) in [5, 5.41) is 0. The molecule has 0 radical (unpaired) electrons. The first-order valence-electron chi connectivity index (χ1n) is 23.6. The maximum absolute atomic E-state index is 16.4. The van der Waals surface area contributed by atoms with Gasteiger partial charge in [0, 0.05) is 78.3 Å². The topological polar surface area (TPSA) is 34.1 Å². The van der Waals surface area contributed by atoms with E-state index in [4.69, 9.17) is 0 Å². The van der Waals surface area contributed by atoms with Crippen LogP contribution >= 0.6 is 94.1 Å². The van der Waals surface area contributed by atoms with E-state index in [0.717, 1.165) is 75.2 Å². The molecule has 0 unspecified atom stereocenters. The van der Waals surface area contributed by atoms with Gasteiger partial charge in [0.1, 0.15) is 0 Å². The number of fused-ring (bicyclic) bond motifs is 8. The van der Waals surface area contributed by atoms with E-state index < -0.39 is 9.84 Å². The average Bonchev–Trinajstić information content (AvgIpc) is 3.42. The zero-order valence-electron chi connectivity index (χ0n) is 39.0. The second kappa shape index (κ2) is 18.7. The molecule has 10 aromatic carbocycles. The summed E-state index contributed by atoms with van der Waals surface area (Å²) in [6, 6.07) is 67.9. The van der Waals surface area contributed by atoms with Gasteiger partial charge in [0.15, 0.2) is 0 Å². The van der Waals surface area contributed by atoms with Crippen molar-refractivity contribution in [2.24, 2.45) is 0 Å². The van der Waals surface area contributed by atoms with Crippen LogP contribution in [0, 0.1) is 13.8 Å². The molecule has 0 amide bonds. The minimum absolute atomic E-state index is 0.268. The predicted molar refractivity (Wildman–Crippen MR) is 308 cm³/mol. The van der Waals surface area contributed by atoms with Gasteiger partial charge in [-0.25, -0.2) is 8.42 Å². The Hall–Kier alpha value is -5.05. The molecule has 73 heavy (non-hydrogen) atoms. The molecule has 10 aromatic rings. The molecule has 0 N–H and O–H groups in total. The minimum atomic E-state index is -4.22. The lowest BCUT2D eigenvalue weighted by molar-refractivity contribution is 0.596. The molecule has 2 nitrogen and oxygen atoms in total. The summed E-state index contributed by atoms with van der Waals surface area (Å²) in [6.45, 7) is 4.34. The first kappa shape index (κ1) is 46.5. The maximum Gasteiger partial charge on any atom is 0.206 e. The molecule has 0 spiro atoms. The smallest absolute Gasteiger partial charge is 0.206 e. The van der Waals surface area contributed by atoms with Crippen molar-refractivity contribution in [3.63, 3.8) is 0 Å². The maximum atomic E-state index is 16.4. The Kier molecular flexibility index (Phi) is 11.9. The lowest BCUT2D eigenvalue weighted by Gasteiger charge is -2.25. The second-order valence-electron chi connectivity index (χ2n) is 17.9. The van der Waals surface area contributed by atoms with Crippen LogP contribution < -0.4 is 0 Å². The molecule has 14 rings (SSSR count). The Bertz CT molecular complexity index is 3610. The number of hydrogen-bond acceptors (Lipinski definition) is 10. The van der Waals surface area contributed by atoms with Gasteiger partial charge in [-0.1, -0.05) is 191 Å². The lowest BCUT2D eigenvalue weighted by atomic mass is 9.92. The normalized spacial score (nSPS) is 13.8. The molecule has 0 atom stereocenters. The molecule has 0 aliphatic carbocycles. The summed E-state index contributed by atoms with van der Waals surface area (Å²) in [7, 11) is -4.22. The van der Waals surface area contributed by atoms with Crippen molar-refractivity contribution in [1.29, 1.82) is 0 Å². The van der Waals surface area contributed by atoms with Crippen LogP contribution in [0.1, 0.15) is 11.1 Å². The molecule has 4 aliphatic heterocycles. The zero-order chi connectivity index (χ0) is 49.0. The van der Waals surface area contributed by atoms with Crippen LogP contribution in [0.2, 0.25) is 0 Å². The fraction of sp³-hybridized carbons (Fsp3) is 0.0323. The van der Waals surface area contributed by atoms with Crippen molar-refractivity contribution in [3.8, 4) is 44.5 Å². The number of benzene rings is 10. The quantitative estimate of drug-likeness (QED) is 0.161. The molecule has 0 bridgehead atoms. The molecule has 352 valence electrons. The van der Waals surface area contributed by atoms with Gasteiger partial charge in [0.25, 0.3) is 0 Å². The fourth-order valence-corrected chi connectivity index (χ4v) is 20.9. The summed E-state index contributed by atoms with van der Waals surface area (Å²) in [5.74, 6) is 0. The van der Waals surface area contributed by atoms with Gasteiger partial charge >= 0.3 is 0 Å². The highest BCUT2D eigenvalue weighted by Gasteiger charge is 2.31. The molecule has 0 saturated carbocycles. The summed E-state index contributed by atoms with van der Waals surface area (Å²) in [5.41, 5.74) is 9.83. The highest BCUT2D eigenvalue weighted by atomic mass is 32.2. The zero-order valence-corrected chi connectivity index (χ0v) is 46.3. The van der Waals surface area contributed by atoms with E-state index in [1.165, 1.54) is 58.7 Å². The van der Waals surface area contributed by atoms with Crippen LogP contribution in [-0.4, -0.2) is 8.42 Å². The predicted octanol–water partition coefficient (Wildman–Crippen LogP) is 20.3. The first-order valence-corrected chi connectivity index (χ1v) is 31.6. The summed E-state index contributed by atoms with van der Waals surface area (Å²) < 4.78 is 32.7. The van der Waals surface area contributed by atoms with E-state index in [-0.39, 0.29) is 9.79 Å². The molecule has 4 heterocycles. The van der Waals surface area contributed by atoms with Crippen LogP contribution in [0.25, 0.3) is 44.5 Å². The third kappa shape index (κ3) is 8.08. The van der Waals surface area contributed by atoms with Gasteiger partial charge in [0.2, 0.25) is 9.84 Å². The Balaban J connectivity index is 1.00. The fourth-order valence-electron chi connectivity index (χ4n) is 9.98. The average molecular weight is 1100 g/mol. The number of rotatable bonds is 6. The van der Waals surface area contributed by atoms with E-state index in [2.05, 4.69) is 184 Å². The van der Waals surface area contributed by atoms with Crippen LogP contribution in [0.4, 0.5) is 0 Å². The number of sulfone groups is 1. The minimum Gasteiger partial charge on any atom is -0.219 e. The van der Waals surface area contributed by atoms with Crippen LogP contribution in [0.15, 0.2) is 282 Å². The second-order valence-corrected chi connectivity index (χ2v) is 28.4. The van der Waals surface area contributed by atoms with Crippen LogP contribution in [-0.2, 0) is 9.84 Å². The van der Waals surface area contributed by atoms with E-state index in [1.807, 2.05) is 24.3 Å². The largest absolute Gasteiger partial charge is 0.219 e. The van der Waals surface area contributed by atoms with Crippen molar-refractivity contribution in [1.82, 2.24) is 0 Å². The molecular formula is C62H38O2S9. The summed E-state index contributed by atoms with van der Waals surface area (Å²) in [6.07, 6.45) is 0. The van der Waals surface area contributed by atoms with Gasteiger partial charge < -0.3 is 0 Å². The third-order valence-electron chi connectivity index (χ3n) is 13.6. The van der Waals surface area contributed by atoms with Gasteiger partial charge in [-0.05, 0) is 167 Å². The third-order valence-corrected chi connectivity index (χ3v) is 25.8. The van der Waals surface area contributed by atoms with Crippen molar-refractivity contribution >= 4 is 104 Å². The Morgan fingerprint density at radius 3 is 0.685 bits per heavy atom. The molecule has 11 heteroatoms. The van der Waals surface area contributed by atoms with Crippen molar-refractivity contribution < 1.29 is 8.42 Å². The van der Waals surface area contributed by atoms with E-state index in [0.29, 0.717) is 0 Å². The van der Waals surface area contributed by atoms with E-state index in [9.17, 15) is 0 Å². The van der Waals surface area contributed by atoms with Crippen molar-refractivity contribution in [2.75, 3.05) is 0 Å². The molecule has 0 fully saturated rings. The highest BCUT2D eigenvalue weighted by molar-refractivity contribution is 8.06. The molecule has 0 saturated heterocycles. The molecular weight excluding hydrogens is 1070 g/mol. The summed E-state index contributed by atoms with van der Waals surface area (Å²) in [4.78, 5) is 19.5.